The predicted octanol–water partition coefficient (Wildman–Crippen LogP) is 1.68. The van der Waals surface area contributed by atoms with Gasteiger partial charge in [0.15, 0.2) is 0 Å². The fourth-order valence-corrected chi connectivity index (χ4v) is 3.17. The summed E-state index contributed by atoms with van der Waals surface area (Å²) in [7, 11) is -1.75. The summed E-state index contributed by atoms with van der Waals surface area (Å²) in [5.74, 6) is 0. The van der Waals surface area contributed by atoms with E-state index < -0.39 is 10.0 Å². The number of rotatable bonds is 4. The lowest BCUT2D eigenvalue weighted by molar-refractivity contribution is 0.580. The molecule has 0 unspecified atom stereocenters. The molecule has 1 aromatic heterocycles. The van der Waals surface area contributed by atoms with Crippen molar-refractivity contribution in [2.45, 2.75) is 18.4 Å². The van der Waals surface area contributed by atoms with Crippen LogP contribution in [0.1, 0.15) is 16.7 Å². The van der Waals surface area contributed by atoms with Crippen LogP contribution in [0.15, 0.2) is 41.6 Å². The van der Waals surface area contributed by atoms with Gasteiger partial charge in [-0.1, -0.05) is 6.07 Å². The van der Waals surface area contributed by atoms with E-state index >= 15 is 0 Å². The van der Waals surface area contributed by atoms with E-state index in [4.69, 9.17) is 5.26 Å². The minimum Gasteiger partial charge on any atom is -0.357 e. The highest BCUT2D eigenvalue weighted by atomic mass is 32.2. The van der Waals surface area contributed by atoms with Gasteiger partial charge in [0.05, 0.1) is 16.5 Å². The molecule has 0 amide bonds. The second-order valence-electron chi connectivity index (χ2n) is 4.60. The van der Waals surface area contributed by atoms with Gasteiger partial charge in [-0.2, -0.15) is 5.26 Å². The molecule has 0 radical (unpaired) electrons. The van der Waals surface area contributed by atoms with Gasteiger partial charge in [-0.15, -0.1) is 0 Å². The fraction of sp³-hybridized carbons (Fsp3) is 0.214. The van der Waals surface area contributed by atoms with E-state index in [2.05, 4.69) is 4.72 Å². The average molecular weight is 289 g/mol. The molecule has 0 aliphatic rings. The van der Waals surface area contributed by atoms with Crippen molar-refractivity contribution >= 4 is 10.0 Å². The van der Waals surface area contributed by atoms with Crippen molar-refractivity contribution in [2.75, 3.05) is 0 Å². The summed E-state index contributed by atoms with van der Waals surface area (Å²) >= 11 is 0. The standard InChI is InChI=1S/C14H15N3O2S/c1-11-3-4-12(8-15)7-14(11)20(18,19)16-9-13-5-6-17(2)10-13/h3-7,10,16H,9H2,1-2H3. The molecule has 0 saturated carbocycles. The number of aryl methyl sites for hydroxylation is 2. The van der Waals surface area contributed by atoms with Crippen molar-refractivity contribution in [3.8, 4) is 6.07 Å². The molecule has 20 heavy (non-hydrogen) atoms. The lowest BCUT2D eigenvalue weighted by Gasteiger charge is -2.09. The molecule has 5 nitrogen and oxygen atoms in total. The zero-order valence-corrected chi connectivity index (χ0v) is 12.1. The average Bonchev–Trinajstić information content (AvgIpc) is 2.83. The van der Waals surface area contributed by atoms with Crippen molar-refractivity contribution in [3.63, 3.8) is 0 Å². The first-order valence-corrected chi connectivity index (χ1v) is 7.52. The summed E-state index contributed by atoms with van der Waals surface area (Å²) in [4.78, 5) is 0.146. The summed E-state index contributed by atoms with van der Waals surface area (Å²) < 4.78 is 28.9. The van der Waals surface area contributed by atoms with E-state index in [1.54, 1.807) is 19.1 Å². The Bertz CT molecular complexity index is 770. The first kappa shape index (κ1) is 14.3. The first-order chi connectivity index (χ1) is 9.42. The topological polar surface area (TPSA) is 74.9 Å². The number of hydrogen-bond acceptors (Lipinski definition) is 3. The van der Waals surface area contributed by atoms with Gasteiger partial charge in [-0.3, -0.25) is 0 Å². The van der Waals surface area contributed by atoms with E-state index in [-0.39, 0.29) is 11.4 Å². The van der Waals surface area contributed by atoms with Gasteiger partial charge in [0.1, 0.15) is 0 Å². The van der Waals surface area contributed by atoms with Crippen LogP contribution in [0.2, 0.25) is 0 Å². The zero-order valence-electron chi connectivity index (χ0n) is 11.3. The van der Waals surface area contributed by atoms with Crippen LogP contribution >= 0.6 is 0 Å². The Labute approximate surface area is 118 Å². The summed E-state index contributed by atoms with van der Waals surface area (Å²) in [6.07, 6.45) is 3.70. The summed E-state index contributed by atoms with van der Waals surface area (Å²) in [5, 5.41) is 8.86. The Morgan fingerprint density at radius 3 is 2.70 bits per heavy atom. The molecule has 2 rings (SSSR count). The van der Waals surface area contributed by atoms with Crippen LogP contribution in [-0.2, 0) is 23.6 Å². The van der Waals surface area contributed by atoms with Crippen LogP contribution in [-0.4, -0.2) is 13.0 Å². The molecule has 0 saturated heterocycles. The van der Waals surface area contributed by atoms with Gasteiger partial charge in [0.2, 0.25) is 10.0 Å². The van der Waals surface area contributed by atoms with Crippen LogP contribution in [0.25, 0.3) is 0 Å². The third-order valence-electron chi connectivity index (χ3n) is 2.97. The lowest BCUT2D eigenvalue weighted by Crippen LogP contribution is -2.24. The molecule has 0 aliphatic heterocycles. The minimum absolute atomic E-state index is 0.146. The highest BCUT2D eigenvalue weighted by molar-refractivity contribution is 7.89. The maximum Gasteiger partial charge on any atom is 0.241 e. The Hall–Kier alpha value is -2.10. The van der Waals surface area contributed by atoms with Gasteiger partial charge in [-0.25, -0.2) is 13.1 Å². The van der Waals surface area contributed by atoms with Crippen LogP contribution in [0.5, 0.6) is 0 Å². The predicted molar refractivity (Wildman–Crippen MR) is 75.3 cm³/mol. The number of nitrogens with zero attached hydrogens (tertiary/aromatic N) is 2. The highest BCUT2D eigenvalue weighted by Gasteiger charge is 2.17. The van der Waals surface area contributed by atoms with Gasteiger partial charge < -0.3 is 4.57 Å². The molecule has 0 bridgehead atoms. The smallest absolute Gasteiger partial charge is 0.241 e. The molecule has 0 aliphatic carbocycles. The molecule has 6 heteroatoms. The van der Waals surface area contributed by atoms with E-state index in [9.17, 15) is 8.42 Å². The van der Waals surface area contributed by atoms with Crippen molar-refractivity contribution < 1.29 is 8.42 Å². The second kappa shape index (κ2) is 5.49. The third kappa shape index (κ3) is 3.07. The SMILES string of the molecule is Cc1ccc(C#N)cc1S(=O)(=O)NCc1ccn(C)c1. The molecule has 104 valence electrons. The fourth-order valence-electron chi connectivity index (χ4n) is 1.88. The van der Waals surface area contributed by atoms with Crippen LogP contribution < -0.4 is 4.72 Å². The molecular formula is C14H15N3O2S. The molecule has 0 fully saturated rings. The Morgan fingerprint density at radius 1 is 1.35 bits per heavy atom. The number of aromatic nitrogens is 1. The molecular weight excluding hydrogens is 274 g/mol. The molecule has 1 aromatic carbocycles. The van der Waals surface area contributed by atoms with Crippen molar-refractivity contribution in [1.29, 1.82) is 5.26 Å². The van der Waals surface area contributed by atoms with Crippen molar-refractivity contribution in [2.24, 2.45) is 7.05 Å². The molecule has 1 N–H and O–H groups in total. The quantitative estimate of drug-likeness (QED) is 0.930. The Morgan fingerprint density at radius 2 is 2.10 bits per heavy atom. The number of nitrogens with one attached hydrogen (secondary N) is 1. The molecule has 0 atom stereocenters. The van der Waals surface area contributed by atoms with Gasteiger partial charge >= 0.3 is 0 Å². The third-order valence-corrected chi connectivity index (χ3v) is 4.51. The van der Waals surface area contributed by atoms with E-state index in [1.165, 1.54) is 6.07 Å². The molecule has 0 spiro atoms. The summed E-state index contributed by atoms with van der Waals surface area (Å²) in [6.45, 7) is 1.93. The minimum atomic E-state index is -3.62. The monoisotopic (exact) mass is 289 g/mol. The van der Waals surface area contributed by atoms with Crippen molar-refractivity contribution in [3.05, 3.63) is 53.3 Å². The highest BCUT2D eigenvalue weighted by Crippen LogP contribution is 2.17. The number of hydrogen-bond donors (Lipinski definition) is 1. The van der Waals surface area contributed by atoms with E-state index in [0.29, 0.717) is 11.1 Å². The normalized spacial score (nSPS) is 11.2. The van der Waals surface area contributed by atoms with Crippen LogP contribution in [0.4, 0.5) is 0 Å². The van der Waals surface area contributed by atoms with E-state index in [1.807, 2.05) is 36.1 Å². The molecule has 2 aromatic rings. The van der Waals surface area contributed by atoms with Gasteiger partial charge in [0.25, 0.3) is 0 Å². The number of benzene rings is 1. The summed E-state index contributed by atoms with van der Waals surface area (Å²) in [5.41, 5.74) is 1.82. The summed E-state index contributed by atoms with van der Waals surface area (Å²) in [6, 6.07) is 8.43. The van der Waals surface area contributed by atoms with Gasteiger partial charge in [0, 0.05) is 26.0 Å². The van der Waals surface area contributed by atoms with Crippen LogP contribution in [0.3, 0.4) is 0 Å². The second-order valence-corrected chi connectivity index (χ2v) is 6.34. The molecule has 1 heterocycles. The number of nitriles is 1. The first-order valence-electron chi connectivity index (χ1n) is 6.03. The largest absolute Gasteiger partial charge is 0.357 e. The zero-order chi connectivity index (χ0) is 14.8. The maximum atomic E-state index is 12.3. The van der Waals surface area contributed by atoms with Gasteiger partial charge in [-0.05, 0) is 36.2 Å². The Balaban J connectivity index is 2.24. The Kier molecular flexibility index (Phi) is 3.93. The van der Waals surface area contributed by atoms with Crippen molar-refractivity contribution in [1.82, 2.24) is 9.29 Å². The maximum absolute atomic E-state index is 12.3. The number of sulfonamides is 1. The van der Waals surface area contributed by atoms with E-state index in [0.717, 1.165) is 5.56 Å². The van der Waals surface area contributed by atoms with Crippen LogP contribution in [0, 0.1) is 18.3 Å². The lowest BCUT2D eigenvalue weighted by atomic mass is 10.2.